The SMILES string of the molecule is CCCOc1cc(N(CC(=O)O)CC(F)(F)F)ncn1. The molecular weight excluding hydrogens is 279 g/mol. The van der Waals surface area contributed by atoms with Crippen LogP contribution in [0.1, 0.15) is 13.3 Å². The molecule has 0 aliphatic carbocycles. The van der Waals surface area contributed by atoms with Crippen molar-refractivity contribution in [1.82, 2.24) is 9.97 Å². The Hall–Kier alpha value is -2.06. The predicted octanol–water partition coefficient (Wildman–Crippen LogP) is 1.72. The Labute approximate surface area is 113 Å². The van der Waals surface area contributed by atoms with Crippen LogP contribution in [0.25, 0.3) is 0 Å². The minimum absolute atomic E-state index is 0.106. The van der Waals surface area contributed by atoms with Gasteiger partial charge in [-0.15, -0.1) is 0 Å². The van der Waals surface area contributed by atoms with E-state index >= 15 is 0 Å². The smallest absolute Gasteiger partial charge is 0.405 e. The molecule has 0 radical (unpaired) electrons. The van der Waals surface area contributed by atoms with E-state index in [1.807, 2.05) is 6.92 Å². The summed E-state index contributed by atoms with van der Waals surface area (Å²) in [6, 6.07) is 1.18. The molecule has 6 nitrogen and oxygen atoms in total. The van der Waals surface area contributed by atoms with E-state index in [2.05, 4.69) is 9.97 Å². The highest BCUT2D eigenvalue weighted by Gasteiger charge is 2.32. The molecule has 1 rings (SSSR count). The summed E-state index contributed by atoms with van der Waals surface area (Å²) < 4.78 is 42.5. The fourth-order valence-corrected chi connectivity index (χ4v) is 1.39. The number of hydrogen-bond donors (Lipinski definition) is 1. The molecular formula is C11H14F3N3O3. The Balaban J connectivity index is 2.91. The molecule has 0 amide bonds. The molecule has 1 aromatic heterocycles. The van der Waals surface area contributed by atoms with Crippen LogP contribution in [0, 0.1) is 0 Å². The molecule has 0 unspecified atom stereocenters. The molecule has 1 heterocycles. The first-order chi connectivity index (χ1) is 9.31. The van der Waals surface area contributed by atoms with E-state index in [0.717, 1.165) is 6.33 Å². The zero-order valence-electron chi connectivity index (χ0n) is 10.7. The van der Waals surface area contributed by atoms with Crippen molar-refractivity contribution >= 4 is 11.8 Å². The average molecular weight is 293 g/mol. The van der Waals surface area contributed by atoms with Crippen LogP contribution in [-0.4, -0.2) is 46.9 Å². The number of aromatic nitrogens is 2. The predicted molar refractivity (Wildman–Crippen MR) is 63.7 cm³/mol. The quantitative estimate of drug-likeness (QED) is 0.825. The summed E-state index contributed by atoms with van der Waals surface area (Å²) in [6.45, 7) is -0.00951. The molecule has 112 valence electrons. The summed E-state index contributed by atoms with van der Waals surface area (Å²) in [7, 11) is 0. The number of rotatable bonds is 7. The number of alkyl halides is 3. The molecule has 9 heteroatoms. The van der Waals surface area contributed by atoms with Gasteiger partial charge < -0.3 is 14.7 Å². The van der Waals surface area contributed by atoms with E-state index in [9.17, 15) is 18.0 Å². The van der Waals surface area contributed by atoms with E-state index in [1.165, 1.54) is 6.07 Å². The second kappa shape index (κ2) is 6.92. The van der Waals surface area contributed by atoms with Crippen LogP contribution in [0.2, 0.25) is 0 Å². The number of carboxylic acid groups (broad SMARTS) is 1. The van der Waals surface area contributed by atoms with E-state index in [4.69, 9.17) is 9.84 Å². The third-order valence-corrected chi connectivity index (χ3v) is 2.10. The number of carbonyl (C=O) groups is 1. The molecule has 0 spiro atoms. The zero-order valence-corrected chi connectivity index (χ0v) is 10.7. The zero-order chi connectivity index (χ0) is 15.2. The monoisotopic (exact) mass is 293 g/mol. The summed E-state index contributed by atoms with van der Waals surface area (Å²) in [5.74, 6) is -1.43. The second-order valence-electron chi connectivity index (χ2n) is 3.93. The Bertz CT molecular complexity index is 454. The number of anilines is 1. The highest BCUT2D eigenvalue weighted by Crippen LogP contribution is 2.22. The summed E-state index contributed by atoms with van der Waals surface area (Å²) >= 11 is 0. The first kappa shape index (κ1) is 16.0. The molecule has 0 aliphatic rings. The Kier molecular flexibility index (Phi) is 5.53. The van der Waals surface area contributed by atoms with Gasteiger partial charge in [-0.05, 0) is 6.42 Å². The molecule has 20 heavy (non-hydrogen) atoms. The number of aliphatic carboxylic acids is 1. The maximum absolute atomic E-state index is 12.4. The lowest BCUT2D eigenvalue weighted by molar-refractivity contribution is -0.136. The van der Waals surface area contributed by atoms with Gasteiger partial charge in [-0.25, -0.2) is 9.97 Å². The third-order valence-electron chi connectivity index (χ3n) is 2.10. The summed E-state index contributed by atoms with van der Waals surface area (Å²) in [5, 5.41) is 8.67. The van der Waals surface area contributed by atoms with Gasteiger partial charge in [-0.1, -0.05) is 6.92 Å². The van der Waals surface area contributed by atoms with Crippen LogP contribution >= 0.6 is 0 Å². The van der Waals surface area contributed by atoms with Gasteiger partial charge in [0.1, 0.15) is 25.2 Å². The van der Waals surface area contributed by atoms with Crippen molar-refractivity contribution in [3.63, 3.8) is 0 Å². The lowest BCUT2D eigenvalue weighted by Gasteiger charge is -2.23. The van der Waals surface area contributed by atoms with E-state index in [1.54, 1.807) is 0 Å². The van der Waals surface area contributed by atoms with Gasteiger partial charge >= 0.3 is 12.1 Å². The van der Waals surface area contributed by atoms with Crippen LogP contribution in [0.5, 0.6) is 5.88 Å². The fraction of sp³-hybridized carbons (Fsp3) is 0.545. The van der Waals surface area contributed by atoms with Crippen LogP contribution in [0.4, 0.5) is 19.0 Å². The lowest BCUT2D eigenvalue weighted by atomic mass is 10.4. The van der Waals surface area contributed by atoms with Gasteiger partial charge in [0.05, 0.1) is 6.61 Å². The topological polar surface area (TPSA) is 75.5 Å². The van der Waals surface area contributed by atoms with Crippen molar-refractivity contribution in [3.8, 4) is 5.88 Å². The van der Waals surface area contributed by atoms with E-state index < -0.39 is 25.2 Å². The maximum Gasteiger partial charge on any atom is 0.405 e. The highest BCUT2D eigenvalue weighted by molar-refractivity contribution is 5.73. The molecule has 0 aromatic carbocycles. The third kappa shape index (κ3) is 5.72. The second-order valence-corrected chi connectivity index (χ2v) is 3.93. The van der Waals surface area contributed by atoms with Crippen LogP contribution < -0.4 is 9.64 Å². The molecule has 0 aliphatic heterocycles. The molecule has 0 saturated carbocycles. The lowest BCUT2D eigenvalue weighted by Crippen LogP contribution is -2.38. The van der Waals surface area contributed by atoms with Crippen molar-refractivity contribution in [2.24, 2.45) is 0 Å². The summed E-state index contributed by atoms with van der Waals surface area (Å²) in [6.07, 6.45) is -2.79. The van der Waals surface area contributed by atoms with Gasteiger partial charge in [-0.3, -0.25) is 4.79 Å². The van der Waals surface area contributed by atoms with Crippen molar-refractivity contribution < 1.29 is 27.8 Å². The van der Waals surface area contributed by atoms with Crippen LogP contribution in [-0.2, 0) is 4.79 Å². The van der Waals surface area contributed by atoms with E-state index in [0.29, 0.717) is 17.9 Å². The number of ether oxygens (including phenoxy) is 1. The van der Waals surface area contributed by atoms with Crippen LogP contribution in [0.3, 0.4) is 0 Å². The molecule has 0 fully saturated rings. The number of hydrogen-bond acceptors (Lipinski definition) is 5. The number of nitrogens with zero attached hydrogens (tertiary/aromatic N) is 3. The highest BCUT2D eigenvalue weighted by atomic mass is 19.4. The molecule has 1 aromatic rings. The minimum atomic E-state index is -4.54. The number of carboxylic acids is 1. The van der Waals surface area contributed by atoms with Crippen molar-refractivity contribution in [2.45, 2.75) is 19.5 Å². The summed E-state index contributed by atoms with van der Waals surface area (Å²) in [4.78, 5) is 18.6. The molecule has 0 atom stereocenters. The molecule has 0 bridgehead atoms. The Morgan fingerprint density at radius 2 is 2.15 bits per heavy atom. The first-order valence-electron chi connectivity index (χ1n) is 5.80. The van der Waals surface area contributed by atoms with Crippen molar-refractivity contribution in [1.29, 1.82) is 0 Å². The largest absolute Gasteiger partial charge is 0.480 e. The first-order valence-corrected chi connectivity index (χ1v) is 5.80. The Morgan fingerprint density at radius 3 is 2.70 bits per heavy atom. The normalized spacial score (nSPS) is 11.2. The fourth-order valence-electron chi connectivity index (χ4n) is 1.39. The van der Waals surface area contributed by atoms with Gasteiger partial charge in [-0.2, -0.15) is 13.2 Å². The van der Waals surface area contributed by atoms with Crippen molar-refractivity contribution in [3.05, 3.63) is 12.4 Å². The maximum atomic E-state index is 12.4. The molecule has 0 saturated heterocycles. The van der Waals surface area contributed by atoms with Gasteiger partial charge in [0.2, 0.25) is 5.88 Å². The standard InChI is InChI=1S/C11H14F3N3O3/c1-2-3-20-9-4-8(15-7-16-9)17(5-10(18)19)6-11(12,13)14/h4,7H,2-3,5-6H2,1H3,(H,18,19). The summed E-state index contributed by atoms with van der Waals surface area (Å²) in [5.41, 5.74) is 0. The average Bonchev–Trinajstić information content (AvgIpc) is 2.33. The number of halogens is 3. The van der Waals surface area contributed by atoms with Gasteiger partial charge in [0.15, 0.2) is 0 Å². The Morgan fingerprint density at radius 1 is 1.45 bits per heavy atom. The van der Waals surface area contributed by atoms with Gasteiger partial charge in [0.25, 0.3) is 0 Å². The van der Waals surface area contributed by atoms with Crippen molar-refractivity contribution in [2.75, 3.05) is 24.6 Å². The van der Waals surface area contributed by atoms with Gasteiger partial charge in [0, 0.05) is 6.07 Å². The molecule has 1 N–H and O–H groups in total. The minimum Gasteiger partial charge on any atom is -0.480 e. The van der Waals surface area contributed by atoms with E-state index in [-0.39, 0.29) is 11.7 Å². The van der Waals surface area contributed by atoms with Crippen LogP contribution in [0.15, 0.2) is 12.4 Å².